The fourth-order valence-electron chi connectivity index (χ4n) is 3.99. The molecule has 178 valence electrons. The minimum absolute atomic E-state index is 0.0767. The molecule has 1 saturated heterocycles. The van der Waals surface area contributed by atoms with Gasteiger partial charge in [-0.1, -0.05) is 11.6 Å². The van der Waals surface area contributed by atoms with Crippen LogP contribution in [0.4, 0.5) is 5.69 Å². The molecule has 0 aliphatic carbocycles. The summed E-state index contributed by atoms with van der Waals surface area (Å²) in [7, 11) is 1.15. The van der Waals surface area contributed by atoms with Gasteiger partial charge >= 0.3 is 0 Å². The van der Waals surface area contributed by atoms with E-state index in [4.69, 9.17) is 21.3 Å². The zero-order valence-electron chi connectivity index (χ0n) is 18.8. The Balaban J connectivity index is 1.54. The van der Waals surface area contributed by atoms with E-state index in [0.717, 1.165) is 42.8 Å². The van der Waals surface area contributed by atoms with Crippen molar-refractivity contribution < 1.29 is 18.3 Å². The fourth-order valence-corrected chi connectivity index (χ4v) is 5.10. The molecule has 3 aromatic rings. The lowest BCUT2D eigenvalue weighted by atomic mass is 10.1. The van der Waals surface area contributed by atoms with Gasteiger partial charge in [-0.15, -0.1) is 0 Å². The molecule has 33 heavy (non-hydrogen) atoms. The van der Waals surface area contributed by atoms with Gasteiger partial charge in [-0.05, 0) is 36.6 Å². The number of anilines is 1. The van der Waals surface area contributed by atoms with Crippen molar-refractivity contribution in [3.05, 3.63) is 47.2 Å². The van der Waals surface area contributed by atoms with E-state index in [1.807, 2.05) is 28.9 Å². The number of ether oxygens (including phenoxy) is 1. The summed E-state index contributed by atoms with van der Waals surface area (Å²) in [6.45, 7) is 1.33. The number of rotatable bonds is 7. The summed E-state index contributed by atoms with van der Waals surface area (Å²) >= 11 is 6.31. The first-order chi connectivity index (χ1) is 15.7. The standard InChI is InChI=1S/C22H28ClN5O4S/c1-26(2)33(30,31)25-16-4-7-27(8-5-16)17-6-9-28-13-20(24-22(28)11-17)18-12-19(23)21(32-3)10-15(18)14-29/h6,9-13,16,25,29H,4-5,7-8,14H2,1-3H3. The Labute approximate surface area is 198 Å². The van der Waals surface area contributed by atoms with Crippen LogP contribution in [0.2, 0.25) is 5.02 Å². The van der Waals surface area contributed by atoms with Crippen LogP contribution in [0.25, 0.3) is 16.9 Å². The average Bonchev–Trinajstić information content (AvgIpc) is 3.22. The van der Waals surface area contributed by atoms with Gasteiger partial charge in [0, 0.05) is 62.9 Å². The SMILES string of the molecule is COc1cc(CO)c(-c2cn3ccc(N4CCC(NS(=O)(=O)N(C)C)CC4)cc3n2)cc1Cl. The molecule has 0 bridgehead atoms. The zero-order valence-corrected chi connectivity index (χ0v) is 20.4. The molecule has 2 aromatic heterocycles. The Bertz CT molecular complexity index is 1250. The maximum absolute atomic E-state index is 12.1. The van der Waals surface area contributed by atoms with Crippen molar-refractivity contribution in [1.82, 2.24) is 18.4 Å². The average molecular weight is 494 g/mol. The molecule has 9 nitrogen and oxygen atoms in total. The van der Waals surface area contributed by atoms with Gasteiger partial charge < -0.3 is 19.1 Å². The third kappa shape index (κ3) is 4.95. The number of methoxy groups -OCH3 is 1. The number of piperidine rings is 1. The molecule has 1 aliphatic heterocycles. The molecule has 0 radical (unpaired) electrons. The predicted octanol–water partition coefficient (Wildman–Crippen LogP) is 2.52. The number of halogens is 1. The van der Waals surface area contributed by atoms with Crippen molar-refractivity contribution in [3.63, 3.8) is 0 Å². The van der Waals surface area contributed by atoms with Crippen molar-refractivity contribution in [2.45, 2.75) is 25.5 Å². The van der Waals surface area contributed by atoms with Crippen molar-refractivity contribution in [2.24, 2.45) is 0 Å². The van der Waals surface area contributed by atoms with Crippen molar-refractivity contribution in [2.75, 3.05) is 39.2 Å². The number of aliphatic hydroxyl groups excluding tert-OH is 1. The minimum atomic E-state index is -3.43. The highest BCUT2D eigenvalue weighted by molar-refractivity contribution is 7.87. The number of hydrogen-bond acceptors (Lipinski definition) is 6. The first-order valence-corrected chi connectivity index (χ1v) is 12.4. The number of imidazole rings is 1. The van der Waals surface area contributed by atoms with Crippen LogP contribution in [0, 0.1) is 0 Å². The number of nitrogens with one attached hydrogen (secondary N) is 1. The summed E-state index contributed by atoms with van der Waals surface area (Å²) in [5.41, 5.74) is 3.94. The predicted molar refractivity (Wildman–Crippen MR) is 129 cm³/mol. The van der Waals surface area contributed by atoms with Gasteiger partial charge in [0.05, 0.1) is 24.4 Å². The third-order valence-electron chi connectivity index (χ3n) is 5.92. The van der Waals surface area contributed by atoms with Crippen molar-refractivity contribution in [3.8, 4) is 17.0 Å². The Morgan fingerprint density at radius 2 is 2.00 bits per heavy atom. The van der Waals surface area contributed by atoms with Gasteiger partial charge in [0.25, 0.3) is 10.2 Å². The molecule has 0 unspecified atom stereocenters. The summed E-state index contributed by atoms with van der Waals surface area (Å²) in [6.07, 6.45) is 5.30. The van der Waals surface area contributed by atoms with Crippen LogP contribution in [-0.4, -0.2) is 67.6 Å². The normalized spacial score (nSPS) is 15.5. The van der Waals surface area contributed by atoms with Crippen LogP contribution in [0.15, 0.2) is 36.7 Å². The lowest BCUT2D eigenvalue weighted by Gasteiger charge is -2.34. The first-order valence-electron chi connectivity index (χ1n) is 10.6. The lowest BCUT2D eigenvalue weighted by molar-refractivity contribution is 0.281. The van der Waals surface area contributed by atoms with Gasteiger partial charge in [0.2, 0.25) is 0 Å². The van der Waals surface area contributed by atoms with Crippen LogP contribution >= 0.6 is 11.6 Å². The van der Waals surface area contributed by atoms with E-state index in [0.29, 0.717) is 22.0 Å². The highest BCUT2D eigenvalue weighted by Crippen LogP contribution is 2.34. The summed E-state index contributed by atoms with van der Waals surface area (Å²) in [5, 5.41) is 10.3. The fraction of sp³-hybridized carbons (Fsp3) is 0.409. The number of aliphatic hydroxyl groups is 1. The molecule has 11 heteroatoms. The van der Waals surface area contributed by atoms with E-state index in [1.165, 1.54) is 25.5 Å². The largest absolute Gasteiger partial charge is 0.495 e. The molecule has 1 aliphatic rings. The van der Waals surface area contributed by atoms with Gasteiger partial charge in [0.1, 0.15) is 11.4 Å². The molecular formula is C22H28ClN5O4S. The number of benzene rings is 1. The van der Waals surface area contributed by atoms with E-state index >= 15 is 0 Å². The monoisotopic (exact) mass is 493 g/mol. The van der Waals surface area contributed by atoms with E-state index in [2.05, 4.69) is 9.62 Å². The molecule has 4 rings (SSSR count). The molecule has 2 N–H and O–H groups in total. The molecule has 0 saturated carbocycles. The van der Waals surface area contributed by atoms with Crippen molar-refractivity contribution in [1.29, 1.82) is 0 Å². The topological polar surface area (TPSA) is 99.4 Å². The molecule has 1 fully saturated rings. The van der Waals surface area contributed by atoms with Gasteiger partial charge in [-0.25, -0.2) is 4.98 Å². The van der Waals surface area contributed by atoms with E-state index in [9.17, 15) is 13.5 Å². The highest BCUT2D eigenvalue weighted by Gasteiger charge is 2.25. The van der Waals surface area contributed by atoms with Crippen LogP contribution in [-0.2, 0) is 16.8 Å². The number of nitrogens with zero attached hydrogens (tertiary/aromatic N) is 4. The quantitative estimate of drug-likeness (QED) is 0.524. The maximum Gasteiger partial charge on any atom is 0.279 e. The van der Waals surface area contributed by atoms with E-state index in [1.54, 1.807) is 12.1 Å². The number of pyridine rings is 1. The first kappa shape index (κ1) is 23.8. The van der Waals surface area contributed by atoms with Gasteiger partial charge in [-0.3, -0.25) is 0 Å². The maximum atomic E-state index is 12.1. The highest BCUT2D eigenvalue weighted by atomic mass is 35.5. The van der Waals surface area contributed by atoms with Gasteiger partial charge in [0.15, 0.2) is 0 Å². The van der Waals surface area contributed by atoms with E-state index in [-0.39, 0.29) is 12.6 Å². The summed E-state index contributed by atoms with van der Waals surface area (Å²) in [4.78, 5) is 6.99. The number of fused-ring (bicyclic) bond motifs is 1. The molecule has 0 spiro atoms. The minimum Gasteiger partial charge on any atom is -0.495 e. The second-order valence-electron chi connectivity index (χ2n) is 8.25. The number of aromatic nitrogens is 2. The number of hydrogen-bond donors (Lipinski definition) is 2. The summed E-state index contributed by atoms with van der Waals surface area (Å²) in [5.74, 6) is 0.506. The third-order valence-corrected chi connectivity index (χ3v) is 7.81. The van der Waals surface area contributed by atoms with Crippen molar-refractivity contribution >= 4 is 33.1 Å². The molecule has 0 amide bonds. The van der Waals surface area contributed by atoms with Gasteiger partial charge in [-0.2, -0.15) is 17.4 Å². The Morgan fingerprint density at radius 1 is 1.27 bits per heavy atom. The molecule has 1 aromatic carbocycles. The van der Waals surface area contributed by atoms with Crippen LogP contribution in [0.3, 0.4) is 0 Å². The van der Waals surface area contributed by atoms with Crippen LogP contribution in [0.1, 0.15) is 18.4 Å². The Morgan fingerprint density at radius 3 is 2.64 bits per heavy atom. The smallest absolute Gasteiger partial charge is 0.279 e. The lowest BCUT2D eigenvalue weighted by Crippen LogP contribution is -2.47. The molecule has 0 atom stereocenters. The second kappa shape index (κ2) is 9.47. The Hall–Kier alpha value is -2.37. The summed E-state index contributed by atoms with van der Waals surface area (Å²) < 4.78 is 35.3. The van der Waals surface area contributed by atoms with E-state index < -0.39 is 10.2 Å². The summed E-state index contributed by atoms with van der Waals surface area (Å²) in [6, 6.07) is 7.44. The second-order valence-corrected chi connectivity index (χ2v) is 10.6. The zero-order chi connectivity index (χ0) is 23.8. The Kier molecular flexibility index (Phi) is 6.83. The van der Waals surface area contributed by atoms with Crippen LogP contribution < -0.4 is 14.4 Å². The van der Waals surface area contributed by atoms with Crippen LogP contribution in [0.5, 0.6) is 5.75 Å². The molecular weight excluding hydrogens is 466 g/mol. The molecule has 3 heterocycles.